The molecule has 0 aromatic rings. The second-order valence-electron chi connectivity index (χ2n) is 8.11. The van der Waals surface area contributed by atoms with E-state index in [4.69, 9.17) is 0 Å². The van der Waals surface area contributed by atoms with Crippen LogP contribution >= 0.6 is 0 Å². The molecular formula is C18H34N2O. The van der Waals surface area contributed by atoms with Gasteiger partial charge in [0.1, 0.15) is 0 Å². The first-order valence-corrected chi connectivity index (χ1v) is 9.28. The molecule has 2 atom stereocenters. The van der Waals surface area contributed by atoms with Crippen molar-refractivity contribution < 1.29 is 5.11 Å². The van der Waals surface area contributed by atoms with Gasteiger partial charge in [-0.1, -0.05) is 32.6 Å². The van der Waals surface area contributed by atoms with E-state index in [1.807, 2.05) is 0 Å². The third-order valence-corrected chi connectivity index (χ3v) is 6.33. The van der Waals surface area contributed by atoms with Gasteiger partial charge in [0.05, 0.1) is 0 Å². The molecule has 0 spiro atoms. The lowest BCUT2D eigenvalue weighted by Crippen LogP contribution is -2.53. The maximum absolute atomic E-state index is 9.98. The Kier molecular flexibility index (Phi) is 5.23. The Bertz CT molecular complexity index is 321. The van der Waals surface area contributed by atoms with Gasteiger partial charge in [0.25, 0.3) is 0 Å². The molecule has 3 aliphatic rings. The second kappa shape index (κ2) is 6.97. The van der Waals surface area contributed by atoms with Crippen molar-refractivity contribution in [2.24, 2.45) is 11.3 Å². The lowest BCUT2D eigenvalue weighted by Gasteiger charge is -2.45. The van der Waals surface area contributed by atoms with Crippen LogP contribution in [0, 0.1) is 11.3 Å². The van der Waals surface area contributed by atoms with Crippen LogP contribution in [0.15, 0.2) is 0 Å². The molecule has 1 heterocycles. The van der Waals surface area contributed by atoms with Gasteiger partial charge in [-0.15, -0.1) is 0 Å². The van der Waals surface area contributed by atoms with Crippen molar-refractivity contribution in [3.63, 3.8) is 0 Å². The minimum Gasteiger partial charge on any atom is -0.396 e. The van der Waals surface area contributed by atoms with Crippen molar-refractivity contribution in [1.82, 2.24) is 9.80 Å². The third-order valence-electron chi connectivity index (χ3n) is 6.33. The van der Waals surface area contributed by atoms with E-state index in [1.165, 1.54) is 77.5 Å². The van der Waals surface area contributed by atoms with Crippen LogP contribution < -0.4 is 0 Å². The van der Waals surface area contributed by atoms with E-state index in [0.717, 1.165) is 18.5 Å². The van der Waals surface area contributed by atoms with Crippen LogP contribution in [0.4, 0.5) is 0 Å². The Balaban J connectivity index is 1.49. The van der Waals surface area contributed by atoms with Gasteiger partial charge < -0.3 is 10.0 Å². The van der Waals surface area contributed by atoms with Gasteiger partial charge in [-0.2, -0.15) is 0 Å². The first-order chi connectivity index (χ1) is 10.2. The van der Waals surface area contributed by atoms with Gasteiger partial charge in [-0.25, -0.2) is 0 Å². The maximum atomic E-state index is 9.98. The van der Waals surface area contributed by atoms with Crippen molar-refractivity contribution in [3.05, 3.63) is 0 Å². The van der Waals surface area contributed by atoms with Gasteiger partial charge in [0.2, 0.25) is 0 Å². The van der Waals surface area contributed by atoms with Crippen molar-refractivity contribution >= 4 is 0 Å². The Morgan fingerprint density at radius 1 is 1.00 bits per heavy atom. The molecule has 1 saturated heterocycles. The minimum absolute atomic E-state index is 0.202. The molecule has 1 aliphatic heterocycles. The summed E-state index contributed by atoms with van der Waals surface area (Å²) in [7, 11) is 0. The maximum Gasteiger partial charge on any atom is 0.0499 e. The SMILES string of the molecule is CC1CCCC(CO)(CN2CCN(C3CCCC3)CC2)C1. The monoisotopic (exact) mass is 294 g/mol. The molecule has 2 aliphatic carbocycles. The minimum atomic E-state index is 0.202. The fourth-order valence-electron chi connectivity index (χ4n) is 5.14. The Labute approximate surface area is 130 Å². The number of hydrogen-bond donors (Lipinski definition) is 1. The molecule has 0 bridgehead atoms. The molecule has 0 radical (unpaired) electrons. The van der Waals surface area contributed by atoms with E-state index < -0.39 is 0 Å². The van der Waals surface area contributed by atoms with Crippen LogP contribution in [0.3, 0.4) is 0 Å². The lowest BCUT2D eigenvalue weighted by atomic mass is 9.70. The van der Waals surface area contributed by atoms with Crippen LogP contribution in [-0.4, -0.2) is 60.3 Å². The molecule has 3 heteroatoms. The van der Waals surface area contributed by atoms with Gasteiger partial charge in [0, 0.05) is 50.8 Å². The van der Waals surface area contributed by atoms with E-state index in [-0.39, 0.29) is 5.41 Å². The number of hydrogen-bond acceptors (Lipinski definition) is 3. The molecule has 3 fully saturated rings. The molecule has 1 N–H and O–H groups in total. The zero-order valence-corrected chi connectivity index (χ0v) is 13.9. The zero-order chi connectivity index (χ0) is 14.7. The first-order valence-electron chi connectivity index (χ1n) is 9.28. The molecule has 3 nitrogen and oxygen atoms in total. The number of aliphatic hydroxyl groups excluding tert-OH is 1. The number of aliphatic hydroxyl groups is 1. The van der Waals surface area contributed by atoms with Crippen molar-refractivity contribution in [1.29, 1.82) is 0 Å². The van der Waals surface area contributed by atoms with Crippen LogP contribution in [0.2, 0.25) is 0 Å². The Morgan fingerprint density at radius 3 is 2.33 bits per heavy atom. The van der Waals surface area contributed by atoms with Crippen LogP contribution in [0.1, 0.15) is 58.3 Å². The molecule has 2 unspecified atom stereocenters. The Hall–Kier alpha value is -0.120. The standard InChI is InChI=1S/C18H34N2O/c1-16-5-4-8-18(13-16,15-21)14-19-9-11-20(12-10-19)17-6-2-3-7-17/h16-17,21H,2-15H2,1H3. The highest BCUT2D eigenvalue weighted by atomic mass is 16.3. The van der Waals surface area contributed by atoms with Crippen molar-refractivity contribution in [3.8, 4) is 0 Å². The van der Waals surface area contributed by atoms with E-state index in [9.17, 15) is 5.11 Å². The molecule has 0 amide bonds. The third kappa shape index (κ3) is 3.80. The van der Waals surface area contributed by atoms with Gasteiger partial charge in [-0.05, 0) is 31.6 Å². The molecule has 2 saturated carbocycles. The van der Waals surface area contributed by atoms with Crippen molar-refractivity contribution in [2.75, 3.05) is 39.3 Å². The summed E-state index contributed by atoms with van der Waals surface area (Å²) < 4.78 is 0. The topological polar surface area (TPSA) is 26.7 Å². The van der Waals surface area contributed by atoms with Gasteiger partial charge >= 0.3 is 0 Å². The molecule has 0 aromatic carbocycles. The normalized spacial score (nSPS) is 37.1. The summed E-state index contributed by atoms with van der Waals surface area (Å²) in [4.78, 5) is 5.37. The van der Waals surface area contributed by atoms with Crippen LogP contribution in [0.25, 0.3) is 0 Å². The zero-order valence-electron chi connectivity index (χ0n) is 13.9. The molecule has 0 aromatic heterocycles. The molecular weight excluding hydrogens is 260 g/mol. The average molecular weight is 294 g/mol. The van der Waals surface area contributed by atoms with E-state index in [1.54, 1.807) is 0 Å². The second-order valence-corrected chi connectivity index (χ2v) is 8.11. The molecule has 122 valence electrons. The van der Waals surface area contributed by atoms with E-state index in [0.29, 0.717) is 6.61 Å². The smallest absolute Gasteiger partial charge is 0.0499 e. The summed E-state index contributed by atoms with van der Waals surface area (Å²) in [5, 5.41) is 9.98. The predicted octanol–water partition coefficient (Wildman–Crippen LogP) is 2.74. The van der Waals surface area contributed by atoms with Crippen LogP contribution in [0.5, 0.6) is 0 Å². The van der Waals surface area contributed by atoms with Gasteiger partial charge in [0.15, 0.2) is 0 Å². The number of nitrogens with zero attached hydrogens (tertiary/aromatic N) is 2. The van der Waals surface area contributed by atoms with E-state index >= 15 is 0 Å². The highest BCUT2D eigenvalue weighted by molar-refractivity contribution is 4.90. The predicted molar refractivity (Wildman–Crippen MR) is 87.4 cm³/mol. The largest absolute Gasteiger partial charge is 0.396 e. The summed E-state index contributed by atoms with van der Waals surface area (Å²) in [6.45, 7) is 8.82. The average Bonchev–Trinajstić information content (AvgIpc) is 3.02. The summed E-state index contributed by atoms with van der Waals surface area (Å²) in [5.74, 6) is 0.797. The Morgan fingerprint density at radius 2 is 1.71 bits per heavy atom. The first kappa shape index (κ1) is 15.8. The molecule has 21 heavy (non-hydrogen) atoms. The number of piperazine rings is 1. The highest BCUT2D eigenvalue weighted by Crippen LogP contribution is 2.39. The fraction of sp³-hybridized carbons (Fsp3) is 1.00. The highest BCUT2D eigenvalue weighted by Gasteiger charge is 2.37. The quantitative estimate of drug-likeness (QED) is 0.863. The number of rotatable bonds is 4. The summed E-state index contributed by atoms with van der Waals surface area (Å²) in [5.41, 5.74) is 0.202. The summed E-state index contributed by atoms with van der Waals surface area (Å²) >= 11 is 0. The molecule has 3 rings (SSSR count). The van der Waals surface area contributed by atoms with Crippen LogP contribution in [-0.2, 0) is 0 Å². The van der Waals surface area contributed by atoms with E-state index in [2.05, 4.69) is 16.7 Å². The lowest BCUT2D eigenvalue weighted by molar-refractivity contribution is 0.00338. The van der Waals surface area contributed by atoms with Crippen molar-refractivity contribution in [2.45, 2.75) is 64.3 Å². The summed E-state index contributed by atoms with van der Waals surface area (Å²) in [6.07, 6.45) is 10.9. The fourth-order valence-corrected chi connectivity index (χ4v) is 5.14. The summed E-state index contributed by atoms with van der Waals surface area (Å²) in [6, 6.07) is 0.883. The van der Waals surface area contributed by atoms with Gasteiger partial charge in [-0.3, -0.25) is 4.90 Å².